The predicted molar refractivity (Wildman–Crippen MR) is 76.5 cm³/mol. The molecular weight excluding hydrogens is 256 g/mol. The predicted octanol–water partition coefficient (Wildman–Crippen LogP) is 2.08. The van der Waals surface area contributed by atoms with Gasteiger partial charge in [-0.1, -0.05) is 18.2 Å². The Hall–Kier alpha value is -2.30. The Morgan fingerprint density at radius 3 is 2.80 bits per heavy atom. The molecule has 106 valence electrons. The molecule has 1 aromatic carbocycles. The Kier molecular flexibility index (Phi) is 4.76. The number of aromatic nitrogens is 1. The first-order valence-corrected chi connectivity index (χ1v) is 6.70. The van der Waals surface area contributed by atoms with Crippen LogP contribution in [0.2, 0.25) is 0 Å². The zero-order valence-electron chi connectivity index (χ0n) is 11.2. The van der Waals surface area contributed by atoms with Crippen molar-refractivity contribution in [1.29, 1.82) is 0 Å². The second-order valence-corrected chi connectivity index (χ2v) is 4.71. The second-order valence-electron chi connectivity index (χ2n) is 4.71. The van der Waals surface area contributed by atoms with Crippen LogP contribution in [0.4, 0.5) is 0 Å². The van der Waals surface area contributed by atoms with Gasteiger partial charge in [0.05, 0.1) is 6.42 Å². The highest BCUT2D eigenvalue weighted by atomic mass is 16.4. The smallest absolute Gasteiger partial charge is 0.303 e. The molecule has 1 aromatic heterocycles. The summed E-state index contributed by atoms with van der Waals surface area (Å²) < 4.78 is 0. The number of aliphatic carboxylic acids is 1. The lowest BCUT2D eigenvalue weighted by Gasteiger charge is -2.04. The molecule has 5 nitrogen and oxygen atoms in total. The number of carbonyl (C=O) groups is 2. The molecule has 0 fully saturated rings. The first kappa shape index (κ1) is 14.1. The van der Waals surface area contributed by atoms with E-state index in [4.69, 9.17) is 5.11 Å². The summed E-state index contributed by atoms with van der Waals surface area (Å²) in [5, 5.41) is 12.4. The topological polar surface area (TPSA) is 82.2 Å². The molecule has 1 heterocycles. The molecule has 2 rings (SSSR count). The van der Waals surface area contributed by atoms with Crippen molar-refractivity contribution >= 4 is 22.8 Å². The molecule has 1 amide bonds. The van der Waals surface area contributed by atoms with E-state index in [0.29, 0.717) is 6.54 Å². The van der Waals surface area contributed by atoms with Gasteiger partial charge in [-0.3, -0.25) is 9.59 Å². The number of amides is 1. The SMILES string of the molecule is O=C(O)CCC(=O)NCCCc1c[nH]c2ccccc12. The van der Waals surface area contributed by atoms with Crippen LogP contribution in [-0.2, 0) is 16.0 Å². The Bertz CT molecular complexity index is 604. The molecule has 0 saturated carbocycles. The van der Waals surface area contributed by atoms with Crippen molar-refractivity contribution in [1.82, 2.24) is 10.3 Å². The fourth-order valence-electron chi connectivity index (χ4n) is 2.15. The fourth-order valence-corrected chi connectivity index (χ4v) is 2.15. The van der Waals surface area contributed by atoms with Gasteiger partial charge >= 0.3 is 5.97 Å². The molecule has 0 atom stereocenters. The fraction of sp³-hybridized carbons (Fsp3) is 0.333. The number of para-hydroxylation sites is 1. The maximum atomic E-state index is 11.3. The Morgan fingerprint density at radius 2 is 2.00 bits per heavy atom. The van der Waals surface area contributed by atoms with Gasteiger partial charge in [0.2, 0.25) is 5.91 Å². The number of carboxylic acid groups (broad SMARTS) is 1. The van der Waals surface area contributed by atoms with E-state index >= 15 is 0 Å². The lowest BCUT2D eigenvalue weighted by molar-refractivity contribution is -0.138. The number of carbonyl (C=O) groups excluding carboxylic acids is 1. The van der Waals surface area contributed by atoms with Crippen molar-refractivity contribution in [2.75, 3.05) is 6.54 Å². The number of carboxylic acids is 1. The molecule has 0 aliphatic rings. The van der Waals surface area contributed by atoms with Crippen LogP contribution < -0.4 is 5.32 Å². The van der Waals surface area contributed by atoms with Crippen LogP contribution in [0.3, 0.4) is 0 Å². The summed E-state index contributed by atoms with van der Waals surface area (Å²) in [6.07, 6.45) is 3.64. The Morgan fingerprint density at radius 1 is 1.20 bits per heavy atom. The molecule has 3 N–H and O–H groups in total. The van der Waals surface area contributed by atoms with E-state index in [-0.39, 0.29) is 18.7 Å². The van der Waals surface area contributed by atoms with E-state index in [1.165, 1.54) is 10.9 Å². The maximum absolute atomic E-state index is 11.3. The van der Waals surface area contributed by atoms with E-state index in [1.807, 2.05) is 24.4 Å². The van der Waals surface area contributed by atoms with Crippen molar-refractivity contribution in [3.63, 3.8) is 0 Å². The van der Waals surface area contributed by atoms with Crippen molar-refractivity contribution in [3.8, 4) is 0 Å². The molecule has 0 aliphatic heterocycles. The van der Waals surface area contributed by atoms with Gasteiger partial charge in [0.15, 0.2) is 0 Å². The van der Waals surface area contributed by atoms with Crippen LogP contribution in [0.5, 0.6) is 0 Å². The number of hydrogen-bond donors (Lipinski definition) is 3. The average molecular weight is 274 g/mol. The number of fused-ring (bicyclic) bond motifs is 1. The molecular formula is C15H18N2O3. The average Bonchev–Trinajstić information content (AvgIpc) is 2.85. The quantitative estimate of drug-likeness (QED) is 0.676. The van der Waals surface area contributed by atoms with Gasteiger partial charge < -0.3 is 15.4 Å². The van der Waals surface area contributed by atoms with Gasteiger partial charge in [0, 0.05) is 30.1 Å². The van der Waals surface area contributed by atoms with Crippen LogP contribution in [0.15, 0.2) is 30.5 Å². The first-order valence-electron chi connectivity index (χ1n) is 6.70. The molecule has 5 heteroatoms. The van der Waals surface area contributed by atoms with Crippen LogP contribution in [0.25, 0.3) is 10.9 Å². The minimum atomic E-state index is -0.945. The minimum Gasteiger partial charge on any atom is -0.481 e. The summed E-state index contributed by atoms with van der Waals surface area (Å²) in [4.78, 5) is 24.9. The number of hydrogen-bond acceptors (Lipinski definition) is 2. The standard InChI is InChI=1S/C15H18N2O3/c18-14(7-8-15(19)20)16-9-3-4-11-10-17-13-6-2-1-5-12(11)13/h1-2,5-6,10,17H,3-4,7-9H2,(H,16,18)(H,19,20). The molecule has 2 aromatic rings. The summed E-state index contributed by atoms with van der Waals surface area (Å²) in [6.45, 7) is 0.567. The normalized spacial score (nSPS) is 10.6. The van der Waals surface area contributed by atoms with Gasteiger partial charge in [-0.2, -0.15) is 0 Å². The molecule has 0 aliphatic carbocycles. The van der Waals surface area contributed by atoms with Gasteiger partial charge in [-0.15, -0.1) is 0 Å². The van der Waals surface area contributed by atoms with Gasteiger partial charge in [0.25, 0.3) is 0 Å². The number of H-pyrrole nitrogens is 1. The molecule has 0 unspecified atom stereocenters. The first-order chi connectivity index (χ1) is 9.66. The number of nitrogens with one attached hydrogen (secondary N) is 2. The summed E-state index contributed by atoms with van der Waals surface area (Å²) in [5.74, 6) is -1.15. The van der Waals surface area contributed by atoms with Crippen molar-refractivity contribution in [2.24, 2.45) is 0 Å². The molecule has 0 radical (unpaired) electrons. The van der Waals surface area contributed by atoms with E-state index in [9.17, 15) is 9.59 Å². The van der Waals surface area contributed by atoms with Crippen LogP contribution in [-0.4, -0.2) is 28.5 Å². The van der Waals surface area contributed by atoms with Gasteiger partial charge in [0.1, 0.15) is 0 Å². The molecule has 0 saturated heterocycles. The molecule has 20 heavy (non-hydrogen) atoms. The summed E-state index contributed by atoms with van der Waals surface area (Å²) in [5.41, 5.74) is 2.35. The minimum absolute atomic E-state index is 0.0441. The highest BCUT2D eigenvalue weighted by molar-refractivity contribution is 5.83. The highest BCUT2D eigenvalue weighted by Crippen LogP contribution is 2.18. The second kappa shape index (κ2) is 6.75. The summed E-state index contributed by atoms with van der Waals surface area (Å²) in [7, 11) is 0. The highest BCUT2D eigenvalue weighted by Gasteiger charge is 2.05. The summed E-state index contributed by atoms with van der Waals surface area (Å²) in [6, 6.07) is 8.11. The van der Waals surface area contributed by atoms with Crippen molar-refractivity contribution < 1.29 is 14.7 Å². The monoisotopic (exact) mass is 274 g/mol. The largest absolute Gasteiger partial charge is 0.481 e. The number of aromatic amines is 1. The van der Waals surface area contributed by atoms with E-state index in [2.05, 4.69) is 16.4 Å². The van der Waals surface area contributed by atoms with E-state index < -0.39 is 5.97 Å². The van der Waals surface area contributed by atoms with Gasteiger partial charge in [-0.25, -0.2) is 0 Å². The number of rotatable bonds is 7. The third kappa shape index (κ3) is 3.85. The number of benzene rings is 1. The van der Waals surface area contributed by atoms with Crippen molar-refractivity contribution in [2.45, 2.75) is 25.7 Å². The zero-order chi connectivity index (χ0) is 14.4. The molecule has 0 spiro atoms. The van der Waals surface area contributed by atoms with E-state index in [1.54, 1.807) is 0 Å². The third-order valence-electron chi connectivity index (χ3n) is 3.19. The third-order valence-corrected chi connectivity index (χ3v) is 3.19. The van der Waals surface area contributed by atoms with Crippen molar-refractivity contribution in [3.05, 3.63) is 36.0 Å². The Balaban J connectivity index is 1.73. The molecule has 0 bridgehead atoms. The lowest BCUT2D eigenvalue weighted by atomic mass is 10.1. The zero-order valence-corrected chi connectivity index (χ0v) is 11.2. The summed E-state index contributed by atoms with van der Waals surface area (Å²) >= 11 is 0. The maximum Gasteiger partial charge on any atom is 0.303 e. The number of aryl methyl sites for hydroxylation is 1. The lowest BCUT2D eigenvalue weighted by Crippen LogP contribution is -2.25. The van der Waals surface area contributed by atoms with Gasteiger partial charge in [-0.05, 0) is 24.5 Å². The Labute approximate surface area is 117 Å². The van der Waals surface area contributed by atoms with Crippen LogP contribution in [0.1, 0.15) is 24.8 Å². The van der Waals surface area contributed by atoms with Crippen LogP contribution >= 0.6 is 0 Å². The van der Waals surface area contributed by atoms with E-state index in [0.717, 1.165) is 18.4 Å². The van der Waals surface area contributed by atoms with Crippen LogP contribution in [0, 0.1) is 0 Å².